The molecule has 1 amide bonds. The molecule has 0 spiro atoms. The standard InChI is InChI=1S/C16H24N2O2/c1-12(2)18(11-13-5-7-14(17)8-6-13)15(19)16(3)9-4-10-20-16/h5-8,12H,4,9-11,17H2,1-3H3. The van der Waals surface area contributed by atoms with E-state index < -0.39 is 5.60 Å². The molecule has 2 rings (SSSR count). The molecular weight excluding hydrogens is 252 g/mol. The van der Waals surface area contributed by atoms with Crippen LogP contribution in [-0.2, 0) is 16.1 Å². The molecule has 1 unspecified atom stereocenters. The van der Waals surface area contributed by atoms with Crippen molar-refractivity contribution < 1.29 is 9.53 Å². The molecule has 1 aromatic rings. The van der Waals surface area contributed by atoms with Gasteiger partial charge in [0.15, 0.2) is 0 Å². The Balaban J connectivity index is 2.14. The van der Waals surface area contributed by atoms with Crippen LogP contribution in [0.1, 0.15) is 39.2 Å². The normalized spacial score (nSPS) is 22.2. The number of nitrogens with two attached hydrogens (primary N) is 1. The van der Waals surface area contributed by atoms with Gasteiger partial charge in [-0.2, -0.15) is 0 Å². The minimum Gasteiger partial charge on any atom is -0.399 e. The first-order chi connectivity index (χ1) is 9.42. The summed E-state index contributed by atoms with van der Waals surface area (Å²) in [7, 11) is 0. The number of hydrogen-bond acceptors (Lipinski definition) is 3. The van der Waals surface area contributed by atoms with Crippen molar-refractivity contribution in [3.05, 3.63) is 29.8 Å². The summed E-state index contributed by atoms with van der Waals surface area (Å²) in [6.45, 7) is 7.24. The molecular formula is C16H24N2O2. The van der Waals surface area contributed by atoms with Crippen molar-refractivity contribution in [2.45, 2.75) is 51.8 Å². The predicted octanol–water partition coefficient (Wildman–Crippen LogP) is 2.57. The molecule has 0 aliphatic carbocycles. The molecule has 1 aromatic carbocycles. The van der Waals surface area contributed by atoms with Gasteiger partial charge in [-0.25, -0.2) is 0 Å². The second-order valence-corrected chi connectivity index (χ2v) is 5.95. The van der Waals surface area contributed by atoms with Gasteiger partial charge in [-0.15, -0.1) is 0 Å². The van der Waals surface area contributed by atoms with E-state index >= 15 is 0 Å². The number of benzene rings is 1. The van der Waals surface area contributed by atoms with E-state index in [0.717, 1.165) is 24.1 Å². The molecule has 4 heteroatoms. The zero-order valence-corrected chi connectivity index (χ0v) is 12.6. The van der Waals surface area contributed by atoms with E-state index in [2.05, 4.69) is 0 Å². The highest BCUT2D eigenvalue weighted by molar-refractivity contribution is 5.85. The maximum Gasteiger partial charge on any atom is 0.255 e. The predicted molar refractivity (Wildman–Crippen MR) is 80.1 cm³/mol. The summed E-state index contributed by atoms with van der Waals surface area (Å²) in [5.74, 6) is 0.0850. The number of ether oxygens (including phenoxy) is 1. The van der Waals surface area contributed by atoms with Gasteiger partial charge in [0.2, 0.25) is 0 Å². The van der Waals surface area contributed by atoms with Crippen molar-refractivity contribution >= 4 is 11.6 Å². The van der Waals surface area contributed by atoms with Gasteiger partial charge in [0.25, 0.3) is 5.91 Å². The van der Waals surface area contributed by atoms with Crippen LogP contribution in [-0.4, -0.2) is 29.1 Å². The molecule has 1 heterocycles. The van der Waals surface area contributed by atoms with Crippen LogP contribution in [0.3, 0.4) is 0 Å². The summed E-state index contributed by atoms with van der Waals surface area (Å²) in [6.07, 6.45) is 1.76. The van der Waals surface area contributed by atoms with Gasteiger partial charge in [-0.1, -0.05) is 12.1 Å². The third kappa shape index (κ3) is 3.12. The molecule has 0 bridgehead atoms. The zero-order valence-electron chi connectivity index (χ0n) is 12.6. The Labute approximate surface area is 120 Å². The van der Waals surface area contributed by atoms with E-state index in [9.17, 15) is 4.79 Å². The maximum absolute atomic E-state index is 12.8. The first-order valence-corrected chi connectivity index (χ1v) is 7.22. The number of nitrogen functional groups attached to an aromatic ring is 1. The van der Waals surface area contributed by atoms with E-state index in [-0.39, 0.29) is 11.9 Å². The van der Waals surface area contributed by atoms with Crippen LogP contribution in [0.5, 0.6) is 0 Å². The Kier molecular flexibility index (Phi) is 4.33. The van der Waals surface area contributed by atoms with Crippen molar-refractivity contribution in [2.24, 2.45) is 0 Å². The topological polar surface area (TPSA) is 55.6 Å². The van der Waals surface area contributed by atoms with Crippen LogP contribution in [0.4, 0.5) is 5.69 Å². The largest absolute Gasteiger partial charge is 0.399 e. The van der Waals surface area contributed by atoms with E-state index in [1.165, 1.54) is 0 Å². The quantitative estimate of drug-likeness (QED) is 0.860. The van der Waals surface area contributed by atoms with Gasteiger partial charge < -0.3 is 15.4 Å². The number of amides is 1. The maximum atomic E-state index is 12.8. The Morgan fingerprint density at radius 2 is 2.05 bits per heavy atom. The second kappa shape index (κ2) is 5.83. The summed E-state index contributed by atoms with van der Waals surface area (Å²) in [4.78, 5) is 14.6. The lowest BCUT2D eigenvalue weighted by molar-refractivity contribution is -0.153. The van der Waals surface area contributed by atoms with E-state index in [4.69, 9.17) is 10.5 Å². The summed E-state index contributed by atoms with van der Waals surface area (Å²) in [5, 5.41) is 0. The van der Waals surface area contributed by atoms with Gasteiger partial charge in [0.05, 0.1) is 0 Å². The molecule has 1 aliphatic rings. The average Bonchev–Trinajstić information content (AvgIpc) is 2.85. The lowest BCUT2D eigenvalue weighted by Crippen LogP contribution is -2.49. The number of nitrogens with zero attached hydrogens (tertiary/aromatic N) is 1. The fraction of sp³-hybridized carbons (Fsp3) is 0.562. The Morgan fingerprint density at radius 3 is 2.55 bits per heavy atom. The minimum absolute atomic E-state index is 0.0850. The van der Waals surface area contributed by atoms with Crippen molar-refractivity contribution in [3.63, 3.8) is 0 Å². The fourth-order valence-corrected chi connectivity index (χ4v) is 2.56. The number of carbonyl (C=O) groups is 1. The van der Waals surface area contributed by atoms with Crippen LogP contribution in [0.15, 0.2) is 24.3 Å². The second-order valence-electron chi connectivity index (χ2n) is 5.95. The van der Waals surface area contributed by atoms with Crippen molar-refractivity contribution in [1.29, 1.82) is 0 Å². The first kappa shape index (κ1) is 14.9. The lowest BCUT2D eigenvalue weighted by atomic mass is 9.99. The molecule has 1 fully saturated rings. The Bertz CT molecular complexity index is 462. The Hall–Kier alpha value is -1.55. The molecule has 110 valence electrons. The number of hydrogen-bond donors (Lipinski definition) is 1. The van der Waals surface area contributed by atoms with E-state index in [1.807, 2.05) is 49.9 Å². The van der Waals surface area contributed by atoms with Crippen LogP contribution in [0, 0.1) is 0 Å². The zero-order chi connectivity index (χ0) is 14.8. The van der Waals surface area contributed by atoms with E-state index in [1.54, 1.807) is 0 Å². The molecule has 0 aromatic heterocycles. The molecule has 0 radical (unpaired) electrons. The number of carbonyl (C=O) groups excluding carboxylic acids is 1. The monoisotopic (exact) mass is 276 g/mol. The lowest BCUT2D eigenvalue weighted by Gasteiger charge is -2.34. The van der Waals surface area contributed by atoms with Crippen LogP contribution < -0.4 is 5.73 Å². The van der Waals surface area contributed by atoms with Crippen LogP contribution >= 0.6 is 0 Å². The smallest absolute Gasteiger partial charge is 0.255 e. The molecule has 1 aliphatic heterocycles. The minimum atomic E-state index is -0.655. The van der Waals surface area contributed by atoms with Gasteiger partial charge >= 0.3 is 0 Å². The van der Waals surface area contributed by atoms with Crippen LogP contribution in [0.2, 0.25) is 0 Å². The SMILES string of the molecule is CC(C)N(Cc1ccc(N)cc1)C(=O)C1(C)CCCO1. The highest BCUT2D eigenvalue weighted by atomic mass is 16.5. The van der Waals surface area contributed by atoms with Gasteiger partial charge in [0, 0.05) is 24.9 Å². The third-order valence-corrected chi connectivity index (χ3v) is 3.89. The average molecular weight is 276 g/mol. The summed E-state index contributed by atoms with van der Waals surface area (Å²) < 4.78 is 5.68. The van der Waals surface area contributed by atoms with Crippen molar-refractivity contribution in [2.75, 3.05) is 12.3 Å². The van der Waals surface area contributed by atoms with Gasteiger partial charge in [0.1, 0.15) is 5.60 Å². The van der Waals surface area contributed by atoms with Crippen molar-refractivity contribution in [1.82, 2.24) is 4.90 Å². The summed E-state index contributed by atoms with van der Waals surface area (Å²) in [5.41, 5.74) is 6.87. The number of anilines is 1. The van der Waals surface area contributed by atoms with Crippen molar-refractivity contribution in [3.8, 4) is 0 Å². The summed E-state index contributed by atoms with van der Waals surface area (Å²) >= 11 is 0. The first-order valence-electron chi connectivity index (χ1n) is 7.22. The third-order valence-electron chi connectivity index (χ3n) is 3.89. The molecule has 2 N–H and O–H groups in total. The molecule has 0 saturated carbocycles. The highest BCUT2D eigenvalue weighted by Crippen LogP contribution is 2.28. The fourth-order valence-electron chi connectivity index (χ4n) is 2.56. The molecule has 20 heavy (non-hydrogen) atoms. The van der Waals surface area contributed by atoms with Gasteiger partial charge in [-0.05, 0) is 51.3 Å². The van der Waals surface area contributed by atoms with E-state index in [0.29, 0.717) is 13.2 Å². The molecule has 4 nitrogen and oxygen atoms in total. The summed E-state index contributed by atoms with van der Waals surface area (Å²) in [6, 6.07) is 7.81. The number of rotatable bonds is 4. The highest BCUT2D eigenvalue weighted by Gasteiger charge is 2.41. The molecule has 1 atom stereocenters. The molecule has 1 saturated heterocycles. The Morgan fingerprint density at radius 1 is 1.40 bits per heavy atom. The van der Waals surface area contributed by atoms with Crippen LogP contribution in [0.25, 0.3) is 0 Å². The van der Waals surface area contributed by atoms with Gasteiger partial charge in [-0.3, -0.25) is 4.79 Å².